The highest BCUT2D eigenvalue weighted by atomic mass is 16.5. The zero-order valence-electron chi connectivity index (χ0n) is 24.4. The number of nitrogens with zero attached hydrogens (tertiary/aromatic N) is 7. The number of carbonyl (C=O) groups excluding carboxylic acids is 1. The van der Waals surface area contributed by atoms with Crippen molar-refractivity contribution in [2.45, 2.75) is 50.3 Å². The van der Waals surface area contributed by atoms with E-state index in [2.05, 4.69) is 50.9 Å². The smallest absolute Gasteiger partial charge is 0.273 e. The molecule has 7 rings (SSSR count). The van der Waals surface area contributed by atoms with Crippen LogP contribution >= 0.6 is 0 Å². The van der Waals surface area contributed by atoms with Crippen LogP contribution in [0.25, 0.3) is 21.6 Å². The number of ether oxygens (including phenoxy) is 2. The number of piperazine rings is 1. The van der Waals surface area contributed by atoms with Crippen molar-refractivity contribution in [1.29, 1.82) is 0 Å². The Labute approximate surface area is 247 Å². The van der Waals surface area contributed by atoms with Gasteiger partial charge in [-0.2, -0.15) is 5.10 Å². The number of hydrogen-bond donors (Lipinski definition) is 0. The number of carbonyl (C=O) groups is 1. The van der Waals surface area contributed by atoms with E-state index in [1.54, 1.807) is 0 Å². The summed E-state index contributed by atoms with van der Waals surface area (Å²) in [4.78, 5) is 28.5. The summed E-state index contributed by atoms with van der Waals surface area (Å²) in [6.45, 7) is 14.9. The minimum absolute atomic E-state index is 0.0761. The molecule has 42 heavy (non-hydrogen) atoms. The molecule has 220 valence electrons. The highest BCUT2D eigenvalue weighted by Crippen LogP contribution is 2.38. The summed E-state index contributed by atoms with van der Waals surface area (Å²) in [5, 5.41) is 4.59. The largest absolute Gasteiger partial charge is 0.378 e. The van der Waals surface area contributed by atoms with E-state index >= 15 is 0 Å². The van der Waals surface area contributed by atoms with Crippen LogP contribution in [0.3, 0.4) is 0 Å². The lowest BCUT2D eigenvalue weighted by molar-refractivity contribution is -0.138. The molecule has 1 aliphatic carbocycles. The molecule has 0 spiro atoms. The summed E-state index contributed by atoms with van der Waals surface area (Å²) < 4.78 is 13.8. The van der Waals surface area contributed by atoms with Crippen LogP contribution in [-0.2, 0) is 19.9 Å². The number of pyridine rings is 1. The van der Waals surface area contributed by atoms with Crippen LogP contribution in [0.2, 0.25) is 0 Å². The van der Waals surface area contributed by atoms with Crippen molar-refractivity contribution in [2.24, 2.45) is 5.92 Å². The second-order valence-electron chi connectivity index (χ2n) is 12.1. The number of rotatable bonds is 7. The van der Waals surface area contributed by atoms with Gasteiger partial charge >= 0.3 is 0 Å². The van der Waals surface area contributed by atoms with Gasteiger partial charge in [-0.1, -0.05) is 10.9 Å². The Hall–Kier alpha value is -3.52. The second-order valence-corrected chi connectivity index (χ2v) is 12.1. The number of piperidine rings is 1. The zero-order chi connectivity index (χ0) is 28.7. The maximum atomic E-state index is 12.9. The number of anilines is 1. The Morgan fingerprint density at radius 2 is 1.90 bits per heavy atom. The predicted octanol–water partition coefficient (Wildman–Crippen LogP) is 3.51. The SMILES string of the molecule is C#[N+]C1CC(C(=O)N2CCN(c3ccnn4cc(-c5ccc(C6(OCC)CCN(C7COC7)CC6)cn5)cc34)CC2)C1. The summed E-state index contributed by atoms with van der Waals surface area (Å²) >= 11 is 0. The summed E-state index contributed by atoms with van der Waals surface area (Å²) in [5.74, 6) is 0.325. The van der Waals surface area contributed by atoms with E-state index in [0.29, 0.717) is 12.6 Å². The molecule has 4 fully saturated rings. The lowest BCUT2D eigenvalue weighted by Gasteiger charge is -2.46. The van der Waals surface area contributed by atoms with Gasteiger partial charge in [0.15, 0.2) is 0 Å². The molecule has 3 saturated heterocycles. The Balaban J connectivity index is 1.04. The van der Waals surface area contributed by atoms with Gasteiger partial charge in [0.2, 0.25) is 5.91 Å². The van der Waals surface area contributed by atoms with E-state index in [0.717, 1.165) is 106 Å². The van der Waals surface area contributed by atoms with Gasteiger partial charge in [0.05, 0.1) is 47.7 Å². The van der Waals surface area contributed by atoms with Crippen LogP contribution in [0.15, 0.2) is 42.9 Å². The number of likely N-dealkylation sites (tertiary alicyclic amines) is 1. The molecule has 1 saturated carbocycles. The lowest BCUT2D eigenvalue weighted by atomic mass is 9.79. The lowest BCUT2D eigenvalue weighted by Crippen LogP contribution is -2.54. The Kier molecular flexibility index (Phi) is 7.34. The van der Waals surface area contributed by atoms with E-state index in [9.17, 15) is 4.79 Å². The first-order chi connectivity index (χ1) is 20.6. The highest BCUT2D eigenvalue weighted by molar-refractivity contribution is 5.81. The fourth-order valence-electron chi connectivity index (χ4n) is 7.06. The summed E-state index contributed by atoms with van der Waals surface area (Å²) in [5.41, 5.74) is 5.00. The third-order valence-electron chi connectivity index (χ3n) is 9.84. The molecule has 10 nitrogen and oxygen atoms in total. The maximum absolute atomic E-state index is 12.9. The molecule has 6 heterocycles. The van der Waals surface area contributed by atoms with Gasteiger partial charge in [0.1, 0.15) is 0 Å². The molecule has 1 amide bonds. The average Bonchev–Trinajstić information content (AvgIpc) is 3.42. The average molecular weight is 571 g/mol. The molecular weight excluding hydrogens is 530 g/mol. The Bertz CT molecular complexity index is 1460. The maximum Gasteiger partial charge on any atom is 0.273 e. The normalized spacial score (nSPS) is 24.7. The van der Waals surface area contributed by atoms with Crippen molar-refractivity contribution < 1.29 is 14.3 Å². The molecular formula is C32H40N7O3+. The molecule has 10 heteroatoms. The van der Waals surface area contributed by atoms with E-state index in [4.69, 9.17) is 21.0 Å². The predicted molar refractivity (Wildman–Crippen MR) is 161 cm³/mol. The number of fused-ring (bicyclic) bond motifs is 1. The first-order valence-electron chi connectivity index (χ1n) is 15.4. The van der Waals surface area contributed by atoms with Crippen LogP contribution in [0.5, 0.6) is 0 Å². The number of hydrogen-bond acceptors (Lipinski definition) is 7. The van der Waals surface area contributed by atoms with Gasteiger partial charge in [-0.25, -0.2) is 4.52 Å². The highest BCUT2D eigenvalue weighted by Gasteiger charge is 2.43. The van der Waals surface area contributed by atoms with Crippen LogP contribution in [0.4, 0.5) is 5.69 Å². The minimum Gasteiger partial charge on any atom is -0.378 e. The molecule has 3 aliphatic heterocycles. The molecule has 4 aliphatic rings. The number of aromatic nitrogens is 3. The molecule has 0 radical (unpaired) electrons. The second kappa shape index (κ2) is 11.3. The summed E-state index contributed by atoms with van der Waals surface area (Å²) in [7, 11) is 0. The first kappa shape index (κ1) is 27.3. The van der Waals surface area contributed by atoms with Crippen molar-refractivity contribution in [3.8, 4) is 17.8 Å². The van der Waals surface area contributed by atoms with E-state index < -0.39 is 0 Å². The molecule has 0 bridgehead atoms. The Morgan fingerprint density at radius 3 is 2.55 bits per heavy atom. The van der Waals surface area contributed by atoms with Crippen LogP contribution in [-0.4, -0.2) is 101 Å². The van der Waals surface area contributed by atoms with Crippen LogP contribution in [0.1, 0.15) is 38.2 Å². The van der Waals surface area contributed by atoms with Crippen molar-refractivity contribution in [3.63, 3.8) is 0 Å². The monoisotopic (exact) mass is 570 g/mol. The third-order valence-corrected chi connectivity index (χ3v) is 9.84. The van der Waals surface area contributed by atoms with Crippen molar-refractivity contribution >= 4 is 17.1 Å². The topological polar surface area (TPSA) is 79.8 Å². The van der Waals surface area contributed by atoms with Crippen molar-refractivity contribution in [1.82, 2.24) is 24.4 Å². The molecule has 3 aromatic heterocycles. The fourth-order valence-corrected chi connectivity index (χ4v) is 7.06. The molecule has 0 atom stereocenters. The van der Waals surface area contributed by atoms with Gasteiger partial charge < -0.3 is 19.3 Å². The van der Waals surface area contributed by atoms with Gasteiger partial charge in [-0.3, -0.25) is 14.7 Å². The summed E-state index contributed by atoms with van der Waals surface area (Å²) in [6.07, 6.45) is 9.39. The molecule has 0 N–H and O–H groups in total. The van der Waals surface area contributed by atoms with E-state index in [1.165, 1.54) is 0 Å². The number of amides is 1. The van der Waals surface area contributed by atoms with Crippen molar-refractivity contribution in [2.75, 3.05) is 64.0 Å². The standard InChI is InChI=1S/C32H40N7O3/c1-3-42-32(7-10-36(11-8-32)27-21-41-22-27)25-4-5-28(34-19-25)24-18-30-29(6-9-35-39(30)20-24)37-12-14-38(15-13-37)31(40)23-16-26(17-23)33-2/h2,4-6,9,18-20,23,26-27H,3,7-8,10-17,21-22H2,1H3/q+1. The van der Waals surface area contributed by atoms with E-state index in [1.807, 2.05) is 28.0 Å². The Morgan fingerprint density at radius 1 is 1.12 bits per heavy atom. The van der Waals surface area contributed by atoms with Gasteiger partial charge in [-0.15, -0.1) is 0 Å². The fraction of sp³-hybridized carbons (Fsp3) is 0.562. The first-order valence-corrected chi connectivity index (χ1v) is 15.4. The van der Waals surface area contributed by atoms with Crippen LogP contribution in [0, 0.1) is 12.5 Å². The zero-order valence-corrected chi connectivity index (χ0v) is 24.4. The van der Waals surface area contributed by atoms with Crippen LogP contribution < -0.4 is 4.90 Å². The van der Waals surface area contributed by atoms with Gasteiger partial charge in [-0.05, 0) is 38.0 Å². The minimum atomic E-state index is -0.286. The van der Waals surface area contributed by atoms with Crippen molar-refractivity contribution in [3.05, 3.63) is 53.3 Å². The summed E-state index contributed by atoms with van der Waals surface area (Å²) in [6, 6.07) is 9.26. The molecule has 3 aromatic rings. The van der Waals surface area contributed by atoms with Gasteiger partial charge in [0.25, 0.3) is 12.6 Å². The third kappa shape index (κ3) is 4.93. The van der Waals surface area contributed by atoms with E-state index in [-0.39, 0.29) is 23.5 Å². The quantitative estimate of drug-likeness (QED) is 0.430. The molecule has 0 aromatic carbocycles. The van der Waals surface area contributed by atoms with Gasteiger partial charge in [0, 0.05) is 88.4 Å². The molecule has 0 unspecified atom stereocenters.